The van der Waals surface area contributed by atoms with Gasteiger partial charge in [-0.3, -0.25) is 14.2 Å². The molecule has 0 aromatic heterocycles. The molecule has 0 radical (unpaired) electrons. The van der Waals surface area contributed by atoms with Gasteiger partial charge in [-0.1, -0.05) is 185 Å². The monoisotopic (exact) mass is 864 g/mol. The number of phosphoric acid groups is 1. The zero-order chi connectivity index (χ0) is 45.8. The summed E-state index contributed by atoms with van der Waals surface area (Å²) in [4.78, 5) is 44.9. The number of aliphatic hydroxyl groups excluding tert-OH is 2. The quantitative estimate of drug-likeness (QED) is 0.0273. The van der Waals surface area contributed by atoms with Gasteiger partial charge >= 0.3 is 0 Å². The first-order chi connectivity index (χ1) is 27.2. The van der Waals surface area contributed by atoms with Crippen molar-refractivity contribution in [2.45, 2.75) is 209 Å². The SMILES string of the molecule is CC(C)CCCC(C)CCCC(C)CCCC(C)CC(=O)C(O)(C(=O)C[C@@H](C)CCCC(C)CCCC(C)CCCC(C)C)[C@@H](O)CO.C[N+](C)(C)CCOP(=O)([O-])O. The molecule has 0 heterocycles. The minimum absolute atomic E-state index is 0.00200. The summed E-state index contributed by atoms with van der Waals surface area (Å²) in [5.41, 5.74) is -2.53. The molecule has 0 bridgehead atoms. The molecule has 0 aromatic rings. The van der Waals surface area contributed by atoms with Gasteiger partial charge in [0.15, 0.2) is 11.6 Å². The number of rotatable bonds is 36. The second-order valence-corrected chi connectivity index (χ2v) is 22.2. The molecular formula is C48H98NO9P. The van der Waals surface area contributed by atoms with Gasteiger partial charge in [0.25, 0.3) is 7.82 Å². The van der Waals surface area contributed by atoms with Gasteiger partial charge in [0.2, 0.25) is 5.60 Å². The maximum absolute atomic E-state index is 13.3. The van der Waals surface area contributed by atoms with E-state index in [-0.39, 0.29) is 31.3 Å². The van der Waals surface area contributed by atoms with Crippen LogP contribution in [0, 0.1) is 47.3 Å². The highest BCUT2D eigenvalue weighted by Crippen LogP contribution is 2.30. The highest BCUT2D eigenvalue weighted by atomic mass is 31.2. The van der Waals surface area contributed by atoms with E-state index in [2.05, 4.69) is 59.9 Å². The van der Waals surface area contributed by atoms with Crippen molar-refractivity contribution < 1.29 is 48.3 Å². The molecule has 0 spiro atoms. The molecule has 59 heavy (non-hydrogen) atoms. The van der Waals surface area contributed by atoms with Crippen LogP contribution in [0.2, 0.25) is 0 Å². The number of carbonyl (C=O) groups is 2. The van der Waals surface area contributed by atoms with Gasteiger partial charge in [-0.05, 0) is 47.3 Å². The first-order valence-corrected chi connectivity index (χ1v) is 25.3. The van der Waals surface area contributed by atoms with Crippen LogP contribution in [0.3, 0.4) is 0 Å². The van der Waals surface area contributed by atoms with E-state index < -0.39 is 37.7 Å². The van der Waals surface area contributed by atoms with Crippen molar-refractivity contribution in [1.29, 1.82) is 0 Å². The molecule has 0 aliphatic heterocycles. The summed E-state index contributed by atoms with van der Waals surface area (Å²) < 4.78 is 14.8. The van der Waals surface area contributed by atoms with E-state index >= 15 is 0 Å². The van der Waals surface area contributed by atoms with Gasteiger partial charge in [-0.25, -0.2) is 0 Å². The standard InChI is InChI=1S/C43H84O5.C5H14NO4P/c1-32(2)17-11-19-34(5)21-13-23-36(7)25-15-27-38(9)29-40(45)43(48,42(47)31-44)41(46)30-39(10)28-16-26-37(8)24-14-22-35(6)20-12-18-33(3)4;1-6(2,3)4-5-10-11(7,8)9/h32-39,42,44,47-48H,11-31H2,1-10H3;4-5H2,1-3H3,(H-,7,8,9)/t34?,35?,36?,37?,38-,39?,42-,43?;/m0./s1. The molecule has 10 nitrogen and oxygen atoms in total. The maximum Gasteiger partial charge on any atom is 0.265 e. The molecule has 11 heteroatoms. The summed E-state index contributed by atoms with van der Waals surface area (Å²) in [6.07, 6.45) is 19.7. The van der Waals surface area contributed by atoms with Crippen molar-refractivity contribution in [3.8, 4) is 0 Å². The van der Waals surface area contributed by atoms with Gasteiger partial charge in [-0.2, -0.15) is 0 Å². The van der Waals surface area contributed by atoms with Crippen molar-refractivity contribution in [3.63, 3.8) is 0 Å². The van der Waals surface area contributed by atoms with Crippen molar-refractivity contribution in [1.82, 2.24) is 0 Å². The summed E-state index contributed by atoms with van der Waals surface area (Å²) in [5, 5.41) is 31.4. The Bertz CT molecular complexity index is 1050. The molecule has 0 saturated carbocycles. The summed E-state index contributed by atoms with van der Waals surface area (Å²) in [6, 6.07) is 0. The highest BCUT2D eigenvalue weighted by molar-refractivity contribution is 7.44. The summed E-state index contributed by atoms with van der Waals surface area (Å²) in [5.74, 6) is 3.14. The Morgan fingerprint density at radius 3 is 1.08 bits per heavy atom. The fourth-order valence-electron chi connectivity index (χ4n) is 7.82. The van der Waals surface area contributed by atoms with Crippen LogP contribution in [-0.2, 0) is 18.7 Å². The Labute approximate surface area is 364 Å². The number of likely N-dealkylation sites (N-methyl/N-ethyl adjacent to an activating group) is 1. The molecular weight excluding hydrogens is 766 g/mol. The topological polar surface area (TPSA) is 164 Å². The third-order valence-electron chi connectivity index (χ3n) is 12.1. The predicted molar refractivity (Wildman–Crippen MR) is 244 cm³/mol. The summed E-state index contributed by atoms with van der Waals surface area (Å²) >= 11 is 0. The largest absolute Gasteiger partial charge is 0.756 e. The first-order valence-electron chi connectivity index (χ1n) is 23.8. The van der Waals surface area contributed by atoms with E-state index in [1.54, 1.807) is 0 Å². The number of phosphoric ester groups is 1. The zero-order valence-electron chi connectivity index (χ0n) is 40.7. The van der Waals surface area contributed by atoms with Crippen LogP contribution in [0.25, 0.3) is 0 Å². The van der Waals surface area contributed by atoms with Crippen LogP contribution in [0.1, 0.15) is 198 Å². The zero-order valence-corrected chi connectivity index (χ0v) is 41.6. The molecule has 0 amide bonds. The van der Waals surface area contributed by atoms with Crippen LogP contribution in [0.15, 0.2) is 0 Å². The van der Waals surface area contributed by atoms with E-state index in [0.29, 0.717) is 22.9 Å². The lowest BCUT2D eigenvalue weighted by Crippen LogP contribution is -2.57. The van der Waals surface area contributed by atoms with Crippen molar-refractivity contribution in [3.05, 3.63) is 0 Å². The minimum Gasteiger partial charge on any atom is -0.756 e. The molecule has 7 unspecified atom stereocenters. The van der Waals surface area contributed by atoms with E-state index in [9.17, 15) is 34.4 Å². The fraction of sp³-hybridized carbons (Fsp3) is 0.958. The van der Waals surface area contributed by atoms with Crippen LogP contribution in [-0.4, -0.2) is 88.9 Å². The van der Waals surface area contributed by atoms with Crippen LogP contribution in [0.4, 0.5) is 0 Å². The molecule has 0 saturated heterocycles. The molecule has 0 aliphatic rings. The Kier molecular flexibility index (Phi) is 33.7. The molecule has 354 valence electrons. The van der Waals surface area contributed by atoms with Gasteiger partial charge in [-0.15, -0.1) is 0 Å². The Hall–Kier alpha value is -0.710. The maximum atomic E-state index is 13.3. The van der Waals surface area contributed by atoms with E-state index in [0.717, 1.165) is 62.2 Å². The smallest absolute Gasteiger partial charge is 0.265 e. The fourth-order valence-corrected chi connectivity index (χ4v) is 8.14. The van der Waals surface area contributed by atoms with Gasteiger partial charge in [0.05, 0.1) is 27.7 Å². The second kappa shape index (κ2) is 32.9. The average Bonchev–Trinajstić information content (AvgIpc) is 3.09. The number of hydrogen-bond donors (Lipinski definition) is 4. The number of aliphatic hydroxyl groups is 3. The van der Waals surface area contributed by atoms with Crippen molar-refractivity contribution >= 4 is 19.4 Å². The summed E-state index contributed by atoms with van der Waals surface area (Å²) in [6.45, 7) is 22.3. The Balaban J connectivity index is 0. The Morgan fingerprint density at radius 1 is 0.576 bits per heavy atom. The average molecular weight is 864 g/mol. The first kappa shape index (κ1) is 60.4. The van der Waals surface area contributed by atoms with E-state index in [4.69, 9.17) is 4.89 Å². The van der Waals surface area contributed by atoms with Gasteiger partial charge in [0, 0.05) is 12.8 Å². The van der Waals surface area contributed by atoms with Crippen molar-refractivity contribution in [2.24, 2.45) is 47.3 Å². The molecule has 0 aromatic carbocycles. The van der Waals surface area contributed by atoms with Gasteiger partial charge < -0.3 is 34.1 Å². The van der Waals surface area contributed by atoms with Crippen LogP contribution >= 0.6 is 7.82 Å². The van der Waals surface area contributed by atoms with E-state index in [1.807, 2.05) is 35.0 Å². The molecule has 9 atom stereocenters. The molecule has 0 fully saturated rings. The lowest BCUT2D eigenvalue weighted by molar-refractivity contribution is -0.870. The highest BCUT2D eigenvalue weighted by Gasteiger charge is 2.49. The predicted octanol–water partition coefficient (Wildman–Crippen LogP) is 10.3. The lowest BCUT2D eigenvalue weighted by atomic mass is 9.79. The minimum atomic E-state index is -4.51. The third kappa shape index (κ3) is 34.5. The second-order valence-electron chi connectivity index (χ2n) is 21.0. The van der Waals surface area contributed by atoms with Gasteiger partial charge in [0.1, 0.15) is 19.3 Å². The third-order valence-corrected chi connectivity index (χ3v) is 12.6. The van der Waals surface area contributed by atoms with Crippen molar-refractivity contribution in [2.75, 3.05) is 40.9 Å². The van der Waals surface area contributed by atoms with Crippen LogP contribution in [0.5, 0.6) is 0 Å². The number of quaternary nitrogens is 1. The summed E-state index contributed by atoms with van der Waals surface area (Å²) in [7, 11) is 1.19. The molecule has 0 rings (SSSR count). The van der Waals surface area contributed by atoms with Crippen LogP contribution < -0.4 is 4.89 Å². The van der Waals surface area contributed by atoms with E-state index in [1.165, 1.54) is 77.0 Å². The Morgan fingerprint density at radius 2 is 0.847 bits per heavy atom. The number of nitrogens with zero attached hydrogens (tertiary/aromatic N) is 1. The number of Topliss-reactive ketones (excluding diaryl/α,β-unsaturated/α-hetero) is 2. The number of ketones is 2. The number of carbonyl (C=O) groups excluding carboxylic acids is 2. The normalized spacial score (nSPS) is 17.9. The molecule has 0 aliphatic carbocycles. The molecule has 4 N–H and O–H groups in total. The lowest BCUT2D eigenvalue weighted by Gasteiger charge is -2.31. The number of hydrogen-bond acceptors (Lipinski definition) is 8.